The quantitative estimate of drug-likeness (QED) is 0.591. The predicted octanol–water partition coefficient (Wildman–Crippen LogP) is 3.45. The number of hydrogen-bond donors (Lipinski definition) is 0. The van der Waals surface area contributed by atoms with Crippen LogP contribution in [0.1, 0.15) is 17.7 Å². The van der Waals surface area contributed by atoms with Crippen LogP contribution in [0.5, 0.6) is 0 Å². The lowest BCUT2D eigenvalue weighted by atomic mass is 9.63. The molecular weight excluding hydrogens is 429 g/mol. The standard InChI is InChI=1S/C24H26FN3O3S/c1-31-17-24-14-18-15-26-28(21-9-7-20(25)8-10-21)23(18)13-19(24)11-12-27(16-24)32(29,30)22-5-3-2-4-6-22/h2-10,15,19H,11-14,16-17H2,1H3/t19?,24-/m1/s1. The lowest BCUT2D eigenvalue weighted by Crippen LogP contribution is -2.56. The Bertz CT molecular complexity index is 1210. The first kappa shape index (κ1) is 21.3. The highest BCUT2D eigenvalue weighted by atomic mass is 32.2. The molecule has 8 heteroatoms. The van der Waals surface area contributed by atoms with Gasteiger partial charge in [0.15, 0.2) is 0 Å². The van der Waals surface area contributed by atoms with Crippen molar-refractivity contribution in [3.63, 3.8) is 0 Å². The van der Waals surface area contributed by atoms with Crippen molar-refractivity contribution in [2.45, 2.75) is 24.2 Å². The average molecular weight is 456 g/mol. The van der Waals surface area contributed by atoms with Gasteiger partial charge in [0.1, 0.15) is 5.82 Å². The van der Waals surface area contributed by atoms with Crippen LogP contribution in [0.4, 0.5) is 4.39 Å². The summed E-state index contributed by atoms with van der Waals surface area (Å²) >= 11 is 0. The molecular formula is C24H26FN3O3S. The molecule has 0 N–H and O–H groups in total. The van der Waals surface area contributed by atoms with Gasteiger partial charge in [0.05, 0.1) is 23.4 Å². The third-order valence-corrected chi connectivity index (χ3v) is 8.77. The van der Waals surface area contributed by atoms with Crippen LogP contribution in [0.2, 0.25) is 0 Å². The van der Waals surface area contributed by atoms with Crippen molar-refractivity contribution in [1.29, 1.82) is 0 Å². The van der Waals surface area contributed by atoms with E-state index in [1.807, 2.05) is 16.9 Å². The fourth-order valence-corrected chi connectivity index (χ4v) is 6.90. The number of ether oxygens (including phenoxy) is 1. The van der Waals surface area contributed by atoms with Gasteiger partial charge in [-0.15, -0.1) is 0 Å². The van der Waals surface area contributed by atoms with Gasteiger partial charge in [-0.05, 0) is 67.1 Å². The first-order valence-corrected chi connectivity index (χ1v) is 12.2. The van der Waals surface area contributed by atoms with Crippen LogP contribution in [0.15, 0.2) is 65.7 Å². The van der Waals surface area contributed by atoms with Crippen molar-refractivity contribution >= 4 is 10.0 Å². The second-order valence-electron chi connectivity index (χ2n) is 8.82. The molecule has 2 heterocycles. The molecule has 6 nitrogen and oxygen atoms in total. The fourth-order valence-electron chi connectivity index (χ4n) is 5.32. The molecule has 2 atom stereocenters. The van der Waals surface area contributed by atoms with Gasteiger partial charge in [0.2, 0.25) is 10.0 Å². The van der Waals surface area contributed by atoms with E-state index < -0.39 is 10.0 Å². The minimum absolute atomic E-state index is 0.271. The molecule has 0 bridgehead atoms. The van der Waals surface area contributed by atoms with Gasteiger partial charge < -0.3 is 4.74 Å². The van der Waals surface area contributed by atoms with Crippen LogP contribution in [0.25, 0.3) is 5.69 Å². The Morgan fingerprint density at radius 2 is 1.91 bits per heavy atom. The predicted molar refractivity (Wildman–Crippen MR) is 119 cm³/mol. The van der Waals surface area contributed by atoms with Crippen LogP contribution >= 0.6 is 0 Å². The number of fused-ring (bicyclic) bond motifs is 2. The molecule has 1 aliphatic heterocycles. The van der Waals surface area contributed by atoms with Gasteiger partial charge in [0.25, 0.3) is 0 Å². The topological polar surface area (TPSA) is 64.4 Å². The van der Waals surface area contributed by atoms with Crippen LogP contribution < -0.4 is 0 Å². The van der Waals surface area contributed by atoms with E-state index in [9.17, 15) is 12.8 Å². The Kier molecular flexibility index (Phi) is 5.39. The summed E-state index contributed by atoms with van der Waals surface area (Å²) in [5.74, 6) is -0.00560. The molecule has 0 saturated carbocycles. The molecule has 1 unspecified atom stereocenters. The van der Waals surface area contributed by atoms with E-state index in [0.717, 1.165) is 29.8 Å². The van der Waals surface area contributed by atoms with Crippen molar-refractivity contribution in [3.05, 3.63) is 77.9 Å². The van der Waals surface area contributed by atoms with Gasteiger partial charge in [-0.25, -0.2) is 17.5 Å². The van der Waals surface area contributed by atoms with Crippen LogP contribution in [-0.2, 0) is 27.6 Å². The summed E-state index contributed by atoms with van der Waals surface area (Å²) in [6.07, 6.45) is 4.10. The largest absolute Gasteiger partial charge is 0.384 e. The zero-order valence-electron chi connectivity index (χ0n) is 17.9. The summed E-state index contributed by atoms with van der Waals surface area (Å²) in [5, 5.41) is 4.58. The van der Waals surface area contributed by atoms with Crippen molar-refractivity contribution in [1.82, 2.24) is 14.1 Å². The molecule has 2 aliphatic rings. The highest BCUT2D eigenvalue weighted by Gasteiger charge is 2.49. The zero-order chi connectivity index (χ0) is 22.3. The Hall–Kier alpha value is -2.55. The summed E-state index contributed by atoms with van der Waals surface area (Å²) in [5.41, 5.74) is 2.74. The number of methoxy groups -OCH3 is 1. The maximum Gasteiger partial charge on any atom is 0.243 e. The minimum Gasteiger partial charge on any atom is -0.384 e. The first-order valence-electron chi connectivity index (χ1n) is 10.8. The Morgan fingerprint density at radius 3 is 2.62 bits per heavy atom. The minimum atomic E-state index is -3.57. The summed E-state index contributed by atoms with van der Waals surface area (Å²) in [6.45, 7) is 1.39. The second kappa shape index (κ2) is 8.10. The number of halogens is 1. The zero-order valence-corrected chi connectivity index (χ0v) is 18.8. The van der Waals surface area contributed by atoms with Crippen LogP contribution in [-0.4, -0.2) is 49.3 Å². The molecule has 32 heavy (non-hydrogen) atoms. The van der Waals surface area contributed by atoms with E-state index in [2.05, 4.69) is 5.10 Å². The van der Waals surface area contributed by atoms with E-state index in [1.165, 1.54) is 12.1 Å². The number of hydrogen-bond acceptors (Lipinski definition) is 4. The van der Waals surface area contributed by atoms with Gasteiger partial charge in [-0.2, -0.15) is 9.40 Å². The van der Waals surface area contributed by atoms with Gasteiger partial charge >= 0.3 is 0 Å². The Labute approximate surface area is 187 Å². The number of rotatable bonds is 5. The average Bonchev–Trinajstić information content (AvgIpc) is 3.20. The molecule has 3 aromatic rings. The molecule has 0 spiro atoms. The van der Waals surface area contributed by atoms with Crippen LogP contribution in [0.3, 0.4) is 0 Å². The van der Waals surface area contributed by atoms with Crippen molar-refractivity contribution in [2.75, 3.05) is 26.8 Å². The van der Waals surface area contributed by atoms with E-state index in [-0.39, 0.29) is 17.2 Å². The van der Waals surface area contributed by atoms with Gasteiger partial charge in [0, 0.05) is 31.3 Å². The fraction of sp³-hybridized carbons (Fsp3) is 0.375. The lowest BCUT2D eigenvalue weighted by molar-refractivity contribution is -0.0172. The smallest absolute Gasteiger partial charge is 0.243 e. The molecule has 5 rings (SSSR count). The lowest BCUT2D eigenvalue weighted by Gasteiger charge is -2.50. The number of benzene rings is 2. The van der Waals surface area contributed by atoms with Crippen molar-refractivity contribution in [2.24, 2.45) is 11.3 Å². The molecule has 1 saturated heterocycles. The highest BCUT2D eigenvalue weighted by molar-refractivity contribution is 7.89. The molecule has 0 radical (unpaired) electrons. The highest BCUT2D eigenvalue weighted by Crippen LogP contribution is 2.46. The van der Waals surface area contributed by atoms with E-state index >= 15 is 0 Å². The van der Waals surface area contributed by atoms with Crippen molar-refractivity contribution in [3.8, 4) is 5.69 Å². The molecule has 1 aromatic heterocycles. The first-order chi connectivity index (χ1) is 15.4. The third-order valence-electron chi connectivity index (χ3n) is 6.91. The number of piperidine rings is 1. The van der Waals surface area contributed by atoms with Crippen LogP contribution in [0, 0.1) is 17.2 Å². The Morgan fingerprint density at radius 1 is 1.16 bits per heavy atom. The van der Waals surface area contributed by atoms with Crippen molar-refractivity contribution < 1.29 is 17.5 Å². The number of aromatic nitrogens is 2. The summed E-state index contributed by atoms with van der Waals surface area (Å²) < 4.78 is 49.1. The van der Waals surface area contributed by atoms with Gasteiger partial charge in [-0.1, -0.05) is 18.2 Å². The van der Waals surface area contributed by atoms with E-state index in [1.54, 1.807) is 47.8 Å². The molecule has 168 valence electrons. The SMILES string of the molecule is COC[C@]12Cc3cnn(-c4ccc(F)cc4)c3CC1CCN(S(=O)(=O)c1ccccc1)C2. The van der Waals surface area contributed by atoms with Gasteiger partial charge in [-0.3, -0.25) is 0 Å². The van der Waals surface area contributed by atoms with E-state index in [4.69, 9.17) is 4.74 Å². The Balaban J connectivity index is 1.48. The summed E-state index contributed by atoms with van der Waals surface area (Å²) in [4.78, 5) is 0.326. The second-order valence-corrected chi connectivity index (χ2v) is 10.8. The summed E-state index contributed by atoms with van der Waals surface area (Å²) in [7, 11) is -1.89. The molecule has 2 aromatic carbocycles. The number of sulfonamides is 1. The third kappa shape index (κ3) is 3.56. The normalized spacial score (nSPS) is 23.5. The molecule has 0 amide bonds. The molecule has 1 aliphatic carbocycles. The monoisotopic (exact) mass is 455 g/mol. The summed E-state index contributed by atoms with van der Waals surface area (Å²) in [6, 6.07) is 15.0. The maximum absolute atomic E-state index is 13.4. The maximum atomic E-state index is 13.4. The number of nitrogens with zero attached hydrogens (tertiary/aromatic N) is 3. The molecule has 1 fully saturated rings. The van der Waals surface area contributed by atoms with E-state index in [0.29, 0.717) is 31.0 Å².